The van der Waals surface area contributed by atoms with Crippen LogP contribution in [0.15, 0.2) is 54.6 Å². The number of benzene rings is 2. The van der Waals surface area contributed by atoms with Crippen molar-refractivity contribution in [2.75, 3.05) is 18.5 Å². The molecule has 2 amide bonds. The van der Waals surface area contributed by atoms with E-state index in [1.807, 2.05) is 30.3 Å². The number of hydrogen-bond donors (Lipinski definition) is 2. The molecule has 0 saturated heterocycles. The minimum atomic E-state index is -0.482. The third-order valence-corrected chi connectivity index (χ3v) is 4.70. The van der Waals surface area contributed by atoms with Gasteiger partial charge in [-0.3, -0.25) is 9.59 Å². The Morgan fingerprint density at radius 3 is 2.39 bits per heavy atom. The molecule has 1 saturated carbocycles. The van der Waals surface area contributed by atoms with E-state index in [-0.39, 0.29) is 30.3 Å². The molecule has 1 fully saturated rings. The summed E-state index contributed by atoms with van der Waals surface area (Å²) >= 11 is 0. The van der Waals surface area contributed by atoms with Crippen molar-refractivity contribution in [3.63, 3.8) is 0 Å². The number of rotatable bonds is 8. The molecule has 146 valence electrons. The Bertz CT molecular complexity index is 851. The topological polar surface area (TPSA) is 84.5 Å². The summed E-state index contributed by atoms with van der Waals surface area (Å²) in [6, 6.07) is 16.6. The minimum absolute atomic E-state index is 0.102. The molecule has 28 heavy (non-hydrogen) atoms. The zero-order valence-electron chi connectivity index (χ0n) is 15.8. The number of para-hydroxylation sites is 1. The summed E-state index contributed by atoms with van der Waals surface area (Å²) in [5.41, 5.74) is 1.87. The summed E-state index contributed by atoms with van der Waals surface area (Å²) in [7, 11) is 0. The normalized spacial score (nSPS) is 17.5. The highest BCUT2D eigenvalue weighted by molar-refractivity contribution is 6.04. The number of nitrogens with one attached hydrogen (secondary N) is 2. The van der Waals surface area contributed by atoms with Crippen LogP contribution in [0.3, 0.4) is 0 Å². The van der Waals surface area contributed by atoms with Crippen LogP contribution in [-0.2, 0) is 20.7 Å². The van der Waals surface area contributed by atoms with E-state index in [4.69, 9.17) is 4.74 Å². The number of hydrogen-bond acceptors (Lipinski definition) is 4. The summed E-state index contributed by atoms with van der Waals surface area (Å²) in [5, 5.41) is 5.65. The van der Waals surface area contributed by atoms with Crippen LogP contribution in [0, 0.1) is 11.8 Å². The van der Waals surface area contributed by atoms with Crippen LogP contribution in [0.25, 0.3) is 0 Å². The molecule has 0 aliphatic heterocycles. The number of anilines is 1. The number of esters is 1. The van der Waals surface area contributed by atoms with Gasteiger partial charge in [0.1, 0.15) is 0 Å². The van der Waals surface area contributed by atoms with Crippen molar-refractivity contribution in [1.29, 1.82) is 0 Å². The molecular weight excluding hydrogens is 356 g/mol. The smallest absolute Gasteiger partial charge is 0.340 e. The van der Waals surface area contributed by atoms with Crippen molar-refractivity contribution in [3.05, 3.63) is 65.7 Å². The molecule has 2 atom stereocenters. The maximum absolute atomic E-state index is 12.5. The van der Waals surface area contributed by atoms with Crippen LogP contribution in [-0.4, -0.2) is 30.9 Å². The predicted molar refractivity (Wildman–Crippen MR) is 106 cm³/mol. The standard InChI is InChI=1S/C22H24N2O4/c1-2-28-22(27)16-10-6-7-11-19(16)24-21(26)18-14-17(18)20(25)23-13-12-15-8-4-3-5-9-15/h3-11,17-18H,2,12-14H2,1H3,(H,23,25)(H,24,26). The first-order chi connectivity index (χ1) is 13.6. The fraction of sp³-hybridized carbons (Fsp3) is 0.318. The third-order valence-electron chi connectivity index (χ3n) is 4.70. The van der Waals surface area contributed by atoms with E-state index >= 15 is 0 Å². The van der Waals surface area contributed by atoms with Gasteiger partial charge in [-0.15, -0.1) is 0 Å². The molecule has 0 aromatic heterocycles. The van der Waals surface area contributed by atoms with E-state index in [2.05, 4.69) is 10.6 Å². The first kappa shape index (κ1) is 19.6. The molecule has 6 nitrogen and oxygen atoms in total. The van der Waals surface area contributed by atoms with Gasteiger partial charge in [0.15, 0.2) is 0 Å². The molecule has 6 heteroatoms. The summed E-state index contributed by atoms with van der Waals surface area (Å²) in [5.74, 6) is -1.52. The zero-order chi connectivity index (χ0) is 19.9. The van der Waals surface area contributed by atoms with Crippen LogP contribution in [0.2, 0.25) is 0 Å². The highest BCUT2D eigenvalue weighted by atomic mass is 16.5. The molecule has 2 aromatic carbocycles. The average molecular weight is 380 g/mol. The Morgan fingerprint density at radius 2 is 1.64 bits per heavy atom. The monoisotopic (exact) mass is 380 g/mol. The molecule has 0 spiro atoms. The van der Waals surface area contributed by atoms with Gasteiger partial charge in [-0.1, -0.05) is 42.5 Å². The summed E-state index contributed by atoms with van der Waals surface area (Å²) in [4.78, 5) is 36.7. The number of carbonyl (C=O) groups excluding carboxylic acids is 3. The summed E-state index contributed by atoms with van der Waals surface area (Å²) < 4.78 is 5.01. The Hall–Kier alpha value is -3.15. The molecule has 2 unspecified atom stereocenters. The van der Waals surface area contributed by atoms with E-state index in [0.29, 0.717) is 24.2 Å². The van der Waals surface area contributed by atoms with Crippen molar-refractivity contribution in [3.8, 4) is 0 Å². The molecule has 0 radical (unpaired) electrons. The van der Waals surface area contributed by atoms with Gasteiger partial charge in [0.2, 0.25) is 11.8 Å². The largest absolute Gasteiger partial charge is 0.462 e. The molecule has 1 aliphatic rings. The molecule has 3 rings (SSSR count). The number of amides is 2. The average Bonchev–Trinajstić information content (AvgIpc) is 3.50. The highest BCUT2D eigenvalue weighted by Gasteiger charge is 2.48. The lowest BCUT2D eigenvalue weighted by Gasteiger charge is -2.10. The van der Waals surface area contributed by atoms with E-state index in [1.54, 1.807) is 31.2 Å². The van der Waals surface area contributed by atoms with Crippen LogP contribution in [0.4, 0.5) is 5.69 Å². The van der Waals surface area contributed by atoms with E-state index in [1.165, 1.54) is 0 Å². The lowest BCUT2D eigenvalue weighted by molar-refractivity contribution is -0.125. The first-order valence-corrected chi connectivity index (χ1v) is 9.48. The molecule has 2 N–H and O–H groups in total. The first-order valence-electron chi connectivity index (χ1n) is 9.48. The molecule has 2 aromatic rings. The van der Waals surface area contributed by atoms with Gasteiger partial charge in [-0.2, -0.15) is 0 Å². The van der Waals surface area contributed by atoms with Gasteiger partial charge in [0.25, 0.3) is 0 Å². The summed E-state index contributed by atoms with van der Waals surface area (Å²) in [6.45, 7) is 2.53. The third kappa shape index (κ3) is 4.97. The second-order valence-electron chi connectivity index (χ2n) is 6.73. The fourth-order valence-electron chi connectivity index (χ4n) is 3.08. The quantitative estimate of drug-likeness (QED) is 0.690. The van der Waals surface area contributed by atoms with Crippen molar-refractivity contribution >= 4 is 23.5 Å². The van der Waals surface area contributed by atoms with Crippen molar-refractivity contribution in [2.24, 2.45) is 11.8 Å². The minimum Gasteiger partial charge on any atom is -0.462 e. The van der Waals surface area contributed by atoms with Gasteiger partial charge in [-0.25, -0.2) is 4.79 Å². The second-order valence-corrected chi connectivity index (χ2v) is 6.73. The van der Waals surface area contributed by atoms with Gasteiger partial charge >= 0.3 is 5.97 Å². The van der Waals surface area contributed by atoms with Crippen LogP contribution < -0.4 is 10.6 Å². The lowest BCUT2D eigenvalue weighted by atomic mass is 10.1. The maximum atomic E-state index is 12.5. The molecule has 0 heterocycles. The summed E-state index contributed by atoms with van der Waals surface area (Å²) in [6.07, 6.45) is 1.27. The lowest BCUT2D eigenvalue weighted by Crippen LogP contribution is -2.29. The predicted octanol–water partition coefficient (Wildman–Crippen LogP) is 2.80. The van der Waals surface area contributed by atoms with Crippen molar-refractivity contribution in [2.45, 2.75) is 19.8 Å². The van der Waals surface area contributed by atoms with Crippen LogP contribution >= 0.6 is 0 Å². The van der Waals surface area contributed by atoms with Crippen molar-refractivity contribution in [1.82, 2.24) is 5.32 Å². The second kappa shape index (κ2) is 9.17. The Balaban J connectivity index is 1.49. The van der Waals surface area contributed by atoms with Crippen LogP contribution in [0.1, 0.15) is 29.3 Å². The Kier molecular flexibility index (Phi) is 6.42. The number of ether oxygens (including phenoxy) is 1. The van der Waals surface area contributed by atoms with Gasteiger partial charge in [-0.05, 0) is 37.5 Å². The Labute approximate surface area is 164 Å². The van der Waals surface area contributed by atoms with E-state index in [9.17, 15) is 14.4 Å². The SMILES string of the molecule is CCOC(=O)c1ccccc1NC(=O)C1CC1C(=O)NCCc1ccccc1. The maximum Gasteiger partial charge on any atom is 0.340 e. The fourth-order valence-corrected chi connectivity index (χ4v) is 3.08. The number of carbonyl (C=O) groups is 3. The molecular formula is C22H24N2O4. The van der Waals surface area contributed by atoms with Crippen LogP contribution in [0.5, 0.6) is 0 Å². The molecule has 0 bridgehead atoms. The Morgan fingerprint density at radius 1 is 0.964 bits per heavy atom. The van der Waals surface area contributed by atoms with Crippen molar-refractivity contribution < 1.29 is 19.1 Å². The van der Waals surface area contributed by atoms with Gasteiger partial charge in [0, 0.05) is 6.54 Å². The molecule has 1 aliphatic carbocycles. The van der Waals surface area contributed by atoms with Gasteiger partial charge < -0.3 is 15.4 Å². The van der Waals surface area contributed by atoms with Gasteiger partial charge in [0.05, 0.1) is 29.7 Å². The highest BCUT2D eigenvalue weighted by Crippen LogP contribution is 2.39. The van der Waals surface area contributed by atoms with E-state index < -0.39 is 5.97 Å². The zero-order valence-corrected chi connectivity index (χ0v) is 15.8. The van der Waals surface area contributed by atoms with E-state index in [0.717, 1.165) is 12.0 Å².